The van der Waals surface area contributed by atoms with Crippen LogP contribution in [0.15, 0.2) is 18.2 Å². The Morgan fingerprint density at radius 2 is 2.07 bits per heavy atom. The van der Waals surface area contributed by atoms with Crippen LogP contribution in [0.2, 0.25) is 9.36 Å². The summed E-state index contributed by atoms with van der Waals surface area (Å²) in [6.07, 6.45) is 0. The van der Waals surface area contributed by atoms with Crippen molar-refractivity contribution in [1.82, 2.24) is 0 Å². The highest BCUT2D eigenvalue weighted by atomic mass is 35.5. The molecule has 0 radical (unpaired) electrons. The SMILES string of the molecule is CCOc1cc(Cl)cc2cc(Cl)sc12. The highest BCUT2D eigenvalue weighted by Crippen LogP contribution is 2.38. The van der Waals surface area contributed by atoms with Crippen molar-refractivity contribution in [3.05, 3.63) is 27.6 Å². The maximum Gasteiger partial charge on any atom is 0.138 e. The predicted molar refractivity (Wildman–Crippen MR) is 63.0 cm³/mol. The summed E-state index contributed by atoms with van der Waals surface area (Å²) in [6, 6.07) is 5.61. The van der Waals surface area contributed by atoms with Gasteiger partial charge in [-0.25, -0.2) is 0 Å². The maximum atomic E-state index is 5.95. The van der Waals surface area contributed by atoms with Gasteiger partial charge in [0.05, 0.1) is 15.6 Å². The lowest BCUT2D eigenvalue weighted by atomic mass is 10.2. The minimum atomic E-state index is 0.630. The van der Waals surface area contributed by atoms with E-state index < -0.39 is 0 Å². The Balaban J connectivity index is 2.66. The molecule has 2 aromatic rings. The van der Waals surface area contributed by atoms with Crippen LogP contribution in [0.5, 0.6) is 5.75 Å². The predicted octanol–water partition coefficient (Wildman–Crippen LogP) is 4.61. The molecule has 1 aromatic carbocycles. The van der Waals surface area contributed by atoms with E-state index in [4.69, 9.17) is 27.9 Å². The van der Waals surface area contributed by atoms with Gasteiger partial charge in [0.15, 0.2) is 0 Å². The van der Waals surface area contributed by atoms with E-state index in [-0.39, 0.29) is 0 Å². The molecule has 0 bridgehead atoms. The van der Waals surface area contributed by atoms with E-state index >= 15 is 0 Å². The molecule has 0 spiro atoms. The summed E-state index contributed by atoms with van der Waals surface area (Å²) in [5.41, 5.74) is 0. The lowest BCUT2D eigenvalue weighted by molar-refractivity contribution is 0.345. The molecular weight excluding hydrogens is 239 g/mol. The second-order valence-electron chi connectivity index (χ2n) is 2.81. The zero-order valence-corrected chi connectivity index (χ0v) is 9.84. The van der Waals surface area contributed by atoms with Crippen LogP contribution in [0.25, 0.3) is 10.1 Å². The van der Waals surface area contributed by atoms with E-state index in [0.29, 0.717) is 11.6 Å². The van der Waals surface area contributed by atoms with Crippen molar-refractivity contribution in [2.24, 2.45) is 0 Å². The fourth-order valence-corrected chi connectivity index (χ4v) is 2.72. The van der Waals surface area contributed by atoms with Gasteiger partial charge in [0.25, 0.3) is 0 Å². The average Bonchev–Trinajstić information content (AvgIpc) is 2.45. The van der Waals surface area contributed by atoms with Gasteiger partial charge in [-0.3, -0.25) is 0 Å². The summed E-state index contributed by atoms with van der Waals surface area (Å²) in [5.74, 6) is 0.812. The number of benzene rings is 1. The largest absolute Gasteiger partial charge is 0.492 e. The van der Waals surface area contributed by atoms with Crippen LogP contribution in [0, 0.1) is 0 Å². The molecular formula is C10H8Cl2OS. The van der Waals surface area contributed by atoms with Gasteiger partial charge in [0.2, 0.25) is 0 Å². The lowest BCUT2D eigenvalue weighted by Gasteiger charge is -2.04. The number of hydrogen-bond acceptors (Lipinski definition) is 2. The van der Waals surface area contributed by atoms with Gasteiger partial charge in [-0.05, 0) is 24.4 Å². The van der Waals surface area contributed by atoms with Gasteiger partial charge in [-0.1, -0.05) is 23.2 Å². The number of thiophene rings is 1. The number of halogens is 2. The van der Waals surface area contributed by atoms with Gasteiger partial charge in [-0.2, -0.15) is 0 Å². The highest BCUT2D eigenvalue weighted by molar-refractivity contribution is 7.23. The average molecular weight is 247 g/mol. The van der Waals surface area contributed by atoms with Crippen molar-refractivity contribution in [3.8, 4) is 5.75 Å². The Labute approximate surface area is 96.2 Å². The molecule has 0 atom stereocenters. The van der Waals surface area contributed by atoms with E-state index in [1.54, 1.807) is 0 Å². The molecule has 0 unspecified atom stereocenters. The molecule has 0 aliphatic heterocycles. The molecule has 0 fully saturated rings. The minimum Gasteiger partial charge on any atom is -0.492 e. The van der Waals surface area contributed by atoms with Crippen molar-refractivity contribution in [3.63, 3.8) is 0 Å². The van der Waals surface area contributed by atoms with Crippen LogP contribution in [-0.2, 0) is 0 Å². The van der Waals surface area contributed by atoms with Crippen LogP contribution >= 0.6 is 34.5 Å². The van der Waals surface area contributed by atoms with Crippen molar-refractivity contribution >= 4 is 44.6 Å². The first kappa shape index (κ1) is 10.1. The van der Waals surface area contributed by atoms with Crippen LogP contribution in [0.1, 0.15) is 6.92 Å². The Morgan fingerprint density at radius 1 is 1.29 bits per heavy atom. The molecule has 4 heteroatoms. The molecule has 0 aliphatic rings. The third-order valence-corrected chi connectivity index (χ3v) is 3.33. The highest BCUT2D eigenvalue weighted by Gasteiger charge is 2.07. The minimum absolute atomic E-state index is 0.630. The van der Waals surface area contributed by atoms with Crippen LogP contribution in [0.4, 0.5) is 0 Å². The molecule has 0 saturated carbocycles. The van der Waals surface area contributed by atoms with Gasteiger partial charge in [-0.15, -0.1) is 11.3 Å². The molecule has 0 amide bonds. The summed E-state index contributed by atoms with van der Waals surface area (Å²) >= 11 is 13.4. The van der Waals surface area contributed by atoms with Crippen LogP contribution < -0.4 is 4.74 Å². The summed E-state index contributed by atoms with van der Waals surface area (Å²) in [7, 11) is 0. The quantitative estimate of drug-likeness (QED) is 0.753. The fourth-order valence-electron chi connectivity index (χ4n) is 1.32. The molecule has 74 valence electrons. The van der Waals surface area contributed by atoms with Crippen molar-refractivity contribution in [2.75, 3.05) is 6.61 Å². The van der Waals surface area contributed by atoms with E-state index in [1.807, 2.05) is 25.1 Å². The Kier molecular flexibility index (Phi) is 2.86. The molecule has 0 N–H and O–H groups in total. The topological polar surface area (TPSA) is 9.23 Å². The Hall–Kier alpha value is -0.440. The second kappa shape index (κ2) is 3.97. The molecule has 1 aromatic heterocycles. The lowest BCUT2D eigenvalue weighted by Crippen LogP contribution is -1.90. The van der Waals surface area contributed by atoms with Crippen molar-refractivity contribution in [2.45, 2.75) is 6.92 Å². The third kappa shape index (κ3) is 1.83. The Morgan fingerprint density at radius 3 is 2.79 bits per heavy atom. The molecule has 1 nitrogen and oxygen atoms in total. The second-order valence-corrected chi connectivity index (χ2v) is 4.93. The van der Waals surface area contributed by atoms with Crippen molar-refractivity contribution < 1.29 is 4.74 Å². The monoisotopic (exact) mass is 246 g/mol. The molecule has 14 heavy (non-hydrogen) atoms. The number of hydrogen-bond donors (Lipinski definition) is 0. The molecule has 1 heterocycles. The number of rotatable bonds is 2. The smallest absolute Gasteiger partial charge is 0.138 e. The van der Waals surface area contributed by atoms with Gasteiger partial charge >= 0.3 is 0 Å². The van der Waals surface area contributed by atoms with Gasteiger partial charge < -0.3 is 4.74 Å². The fraction of sp³-hybridized carbons (Fsp3) is 0.200. The summed E-state index contributed by atoms with van der Waals surface area (Å²) in [4.78, 5) is 0. The zero-order chi connectivity index (χ0) is 10.1. The van der Waals surface area contributed by atoms with Crippen LogP contribution in [0.3, 0.4) is 0 Å². The van der Waals surface area contributed by atoms with E-state index in [9.17, 15) is 0 Å². The van der Waals surface area contributed by atoms with Gasteiger partial charge in [0, 0.05) is 11.1 Å². The van der Waals surface area contributed by atoms with E-state index in [2.05, 4.69) is 0 Å². The van der Waals surface area contributed by atoms with E-state index in [1.165, 1.54) is 11.3 Å². The number of ether oxygens (including phenoxy) is 1. The first-order valence-electron chi connectivity index (χ1n) is 4.22. The normalized spacial score (nSPS) is 10.8. The van der Waals surface area contributed by atoms with Crippen molar-refractivity contribution in [1.29, 1.82) is 0 Å². The van der Waals surface area contributed by atoms with Crippen LogP contribution in [-0.4, -0.2) is 6.61 Å². The maximum absolute atomic E-state index is 5.95. The molecule has 2 rings (SSSR count). The standard InChI is InChI=1S/C10H8Cl2OS/c1-2-13-8-5-7(11)3-6-4-9(12)14-10(6)8/h3-5H,2H2,1H3. The van der Waals surface area contributed by atoms with E-state index in [0.717, 1.165) is 20.2 Å². The number of fused-ring (bicyclic) bond motifs is 1. The summed E-state index contributed by atoms with van der Waals surface area (Å²) in [6.45, 7) is 2.58. The Bertz CT molecular complexity index is 464. The molecule has 0 saturated heterocycles. The summed E-state index contributed by atoms with van der Waals surface area (Å²) < 4.78 is 7.29. The first-order chi connectivity index (χ1) is 6.70. The van der Waals surface area contributed by atoms with Gasteiger partial charge in [0.1, 0.15) is 5.75 Å². The zero-order valence-electron chi connectivity index (χ0n) is 7.51. The third-order valence-electron chi connectivity index (χ3n) is 1.82. The summed E-state index contributed by atoms with van der Waals surface area (Å²) in [5, 5.41) is 1.71. The molecule has 0 aliphatic carbocycles. The first-order valence-corrected chi connectivity index (χ1v) is 5.79.